The number of nitrogens with zero attached hydrogens (tertiary/aromatic N) is 1. The number of para-hydroxylation sites is 1. The van der Waals surface area contributed by atoms with E-state index in [1.165, 1.54) is 0 Å². The summed E-state index contributed by atoms with van der Waals surface area (Å²) in [6, 6.07) is 17.8. The van der Waals surface area contributed by atoms with Crippen LogP contribution >= 0.6 is 11.6 Å². The zero-order chi connectivity index (χ0) is 14.8. The van der Waals surface area contributed by atoms with Gasteiger partial charge >= 0.3 is 0 Å². The Bertz CT molecular complexity index is 786. The smallest absolute Gasteiger partial charge is 0.0882 e. The van der Waals surface area contributed by atoms with Gasteiger partial charge < -0.3 is 0 Å². The molecule has 21 heavy (non-hydrogen) atoms. The van der Waals surface area contributed by atoms with Crippen LogP contribution in [0, 0.1) is 6.92 Å². The molecule has 106 valence electrons. The second-order valence-electron chi connectivity index (χ2n) is 5.04. The molecule has 0 amide bonds. The fourth-order valence-electron chi connectivity index (χ4n) is 2.38. The summed E-state index contributed by atoms with van der Waals surface area (Å²) in [6.07, 6.45) is 0. The highest BCUT2D eigenvalue weighted by atomic mass is 35.5. The van der Waals surface area contributed by atoms with Gasteiger partial charge in [0.05, 0.1) is 17.3 Å². The van der Waals surface area contributed by atoms with Crippen molar-refractivity contribution in [3.63, 3.8) is 0 Å². The fraction of sp³-hybridized carbons (Fsp3) is 0.118. The minimum atomic E-state index is -0.187. The van der Waals surface area contributed by atoms with E-state index in [9.17, 15) is 0 Å². The van der Waals surface area contributed by atoms with Crippen LogP contribution in [-0.2, 0) is 0 Å². The third-order valence-corrected chi connectivity index (χ3v) is 4.02. The van der Waals surface area contributed by atoms with E-state index in [0.717, 1.165) is 32.7 Å². The molecule has 2 aromatic carbocycles. The van der Waals surface area contributed by atoms with Gasteiger partial charge in [-0.3, -0.25) is 10.8 Å². The first-order chi connectivity index (χ1) is 10.2. The summed E-state index contributed by atoms with van der Waals surface area (Å²) in [7, 11) is 0. The van der Waals surface area contributed by atoms with Crippen molar-refractivity contribution < 1.29 is 0 Å². The van der Waals surface area contributed by atoms with Crippen LogP contribution in [-0.4, -0.2) is 4.98 Å². The van der Waals surface area contributed by atoms with E-state index in [4.69, 9.17) is 17.4 Å². The first-order valence-electron chi connectivity index (χ1n) is 6.77. The largest absolute Gasteiger partial charge is 0.271 e. The highest BCUT2D eigenvalue weighted by Gasteiger charge is 2.15. The predicted octanol–water partition coefficient (Wildman–Crippen LogP) is 3.75. The topological polar surface area (TPSA) is 50.9 Å². The highest BCUT2D eigenvalue weighted by Crippen LogP contribution is 2.26. The van der Waals surface area contributed by atoms with Crippen molar-refractivity contribution in [2.24, 2.45) is 5.84 Å². The van der Waals surface area contributed by atoms with E-state index in [1.807, 2.05) is 55.5 Å². The molecule has 0 spiro atoms. The molecule has 0 aliphatic rings. The van der Waals surface area contributed by atoms with Crippen LogP contribution in [0.4, 0.5) is 0 Å². The number of halogens is 1. The first kappa shape index (κ1) is 14.0. The van der Waals surface area contributed by atoms with Gasteiger partial charge in [0.25, 0.3) is 0 Å². The number of aromatic nitrogens is 1. The van der Waals surface area contributed by atoms with Crippen LogP contribution in [0.3, 0.4) is 0 Å². The van der Waals surface area contributed by atoms with Gasteiger partial charge in [0.1, 0.15) is 0 Å². The van der Waals surface area contributed by atoms with Gasteiger partial charge in [-0.05, 0) is 36.2 Å². The van der Waals surface area contributed by atoms with E-state index in [1.54, 1.807) is 0 Å². The minimum Gasteiger partial charge on any atom is -0.271 e. The Hall–Kier alpha value is -1.94. The number of nitrogens with two attached hydrogens (primary N) is 1. The molecule has 1 unspecified atom stereocenters. The molecule has 0 radical (unpaired) electrons. The number of nitrogens with one attached hydrogen (secondary N) is 1. The lowest BCUT2D eigenvalue weighted by Crippen LogP contribution is -2.29. The van der Waals surface area contributed by atoms with Crippen molar-refractivity contribution in [1.29, 1.82) is 0 Å². The summed E-state index contributed by atoms with van der Waals surface area (Å²) in [5.74, 6) is 5.74. The molecule has 1 aromatic heterocycles. The van der Waals surface area contributed by atoms with Gasteiger partial charge in [0.2, 0.25) is 0 Å². The van der Waals surface area contributed by atoms with E-state index in [2.05, 4.69) is 16.5 Å². The summed E-state index contributed by atoms with van der Waals surface area (Å²) in [4.78, 5) is 4.69. The number of benzene rings is 2. The van der Waals surface area contributed by atoms with E-state index < -0.39 is 0 Å². The maximum Gasteiger partial charge on any atom is 0.0882 e. The normalized spacial score (nSPS) is 12.5. The summed E-state index contributed by atoms with van der Waals surface area (Å²) in [6.45, 7) is 1.98. The lowest BCUT2D eigenvalue weighted by Gasteiger charge is -2.17. The Balaban J connectivity index is 2.06. The summed E-state index contributed by atoms with van der Waals surface area (Å²) >= 11 is 6.21. The third-order valence-electron chi connectivity index (χ3n) is 3.61. The standard InChI is InChI=1S/C17H16ClN3/c1-11-6-7-13(10-14(11)18)17(21-19)16-9-8-12-4-2-3-5-15(12)20-16/h2-10,17,21H,19H2,1H3. The Labute approximate surface area is 128 Å². The summed E-state index contributed by atoms with van der Waals surface area (Å²) in [5.41, 5.74) is 6.69. The molecule has 1 atom stereocenters. The molecular weight excluding hydrogens is 282 g/mol. The van der Waals surface area contributed by atoms with Gasteiger partial charge in [-0.2, -0.15) is 0 Å². The molecular formula is C17H16ClN3. The van der Waals surface area contributed by atoms with Crippen LogP contribution in [0.25, 0.3) is 10.9 Å². The van der Waals surface area contributed by atoms with Crippen LogP contribution in [0.1, 0.15) is 22.9 Å². The molecule has 3 rings (SSSR count). The van der Waals surface area contributed by atoms with Gasteiger partial charge in [-0.15, -0.1) is 0 Å². The van der Waals surface area contributed by atoms with Crippen LogP contribution in [0.2, 0.25) is 5.02 Å². The second-order valence-corrected chi connectivity index (χ2v) is 5.44. The van der Waals surface area contributed by atoms with E-state index in [0.29, 0.717) is 0 Å². The van der Waals surface area contributed by atoms with Crippen molar-refractivity contribution in [3.05, 3.63) is 76.4 Å². The Morgan fingerprint density at radius 3 is 2.67 bits per heavy atom. The Kier molecular flexibility index (Phi) is 3.88. The van der Waals surface area contributed by atoms with E-state index in [-0.39, 0.29) is 6.04 Å². The zero-order valence-corrected chi connectivity index (χ0v) is 12.4. The number of hydrogen-bond donors (Lipinski definition) is 2. The SMILES string of the molecule is Cc1ccc(C(NN)c2ccc3ccccc3n2)cc1Cl. The fourth-order valence-corrected chi connectivity index (χ4v) is 2.57. The number of rotatable bonds is 3. The molecule has 3 aromatic rings. The van der Waals surface area contributed by atoms with Crippen LogP contribution in [0.5, 0.6) is 0 Å². The summed E-state index contributed by atoms with van der Waals surface area (Å²) in [5, 5.41) is 1.84. The van der Waals surface area contributed by atoms with Gasteiger partial charge in [0, 0.05) is 10.4 Å². The van der Waals surface area contributed by atoms with Crippen LogP contribution in [0.15, 0.2) is 54.6 Å². The molecule has 0 aliphatic carbocycles. The molecule has 0 saturated heterocycles. The molecule has 0 bridgehead atoms. The number of pyridine rings is 1. The lowest BCUT2D eigenvalue weighted by molar-refractivity contribution is 0.623. The van der Waals surface area contributed by atoms with E-state index >= 15 is 0 Å². The Morgan fingerprint density at radius 1 is 1.10 bits per heavy atom. The lowest BCUT2D eigenvalue weighted by atomic mass is 10.0. The summed E-state index contributed by atoms with van der Waals surface area (Å²) < 4.78 is 0. The van der Waals surface area contributed by atoms with Crippen molar-refractivity contribution in [2.45, 2.75) is 13.0 Å². The monoisotopic (exact) mass is 297 g/mol. The highest BCUT2D eigenvalue weighted by molar-refractivity contribution is 6.31. The van der Waals surface area contributed by atoms with Crippen molar-refractivity contribution in [3.8, 4) is 0 Å². The molecule has 0 saturated carbocycles. The van der Waals surface area contributed by atoms with Crippen LogP contribution < -0.4 is 11.3 Å². The third kappa shape index (κ3) is 2.76. The molecule has 4 heteroatoms. The average molecular weight is 298 g/mol. The maximum absolute atomic E-state index is 6.21. The number of aryl methyl sites for hydroxylation is 1. The first-order valence-corrected chi connectivity index (χ1v) is 7.14. The van der Waals surface area contributed by atoms with Crippen molar-refractivity contribution in [2.75, 3.05) is 0 Å². The maximum atomic E-state index is 6.21. The molecule has 3 N–H and O–H groups in total. The molecule has 1 heterocycles. The van der Waals surface area contributed by atoms with Gasteiger partial charge in [-0.1, -0.05) is 48.0 Å². The average Bonchev–Trinajstić information content (AvgIpc) is 2.51. The number of hydrazine groups is 1. The van der Waals surface area contributed by atoms with Gasteiger partial charge in [-0.25, -0.2) is 5.43 Å². The number of fused-ring (bicyclic) bond motifs is 1. The minimum absolute atomic E-state index is 0.187. The Morgan fingerprint density at radius 2 is 1.90 bits per heavy atom. The van der Waals surface area contributed by atoms with Crippen molar-refractivity contribution in [1.82, 2.24) is 10.4 Å². The quantitative estimate of drug-likeness (QED) is 0.572. The zero-order valence-electron chi connectivity index (χ0n) is 11.7. The van der Waals surface area contributed by atoms with Crippen molar-refractivity contribution >= 4 is 22.5 Å². The molecule has 0 aliphatic heterocycles. The molecule has 0 fully saturated rings. The predicted molar refractivity (Wildman–Crippen MR) is 87.1 cm³/mol. The number of hydrogen-bond acceptors (Lipinski definition) is 3. The second kappa shape index (κ2) is 5.82. The molecule has 3 nitrogen and oxygen atoms in total. The van der Waals surface area contributed by atoms with Gasteiger partial charge in [0.15, 0.2) is 0 Å².